The van der Waals surface area contributed by atoms with Crippen LogP contribution in [0.4, 0.5) is 18.0 Å². The van der Waals surface area contributed by atoms with Crippen LogP contribution in [0.25, 0.3) is 0 Å². The van der Waals surface area contributed by atoms with Crippen LogP contribution in [-0.4, -0.2) is 48.8 Å². The summed E-state index contributed by atoms with van der Waals surface area (Å²) in [7, 11) is 0. The molecule has 0 aromatic rings. The Morgan fingerprint density at radius 2 is 1.74 bits per heavy atom. The van der Waals surface area contributed by atoms with Gasteiger partial charge in [0.25, 0.3) is 0 Å². The van der Waals surface area contributed by atoms with Crippen molar-refractivity contribution in [1.29, 1.82) is 0 Å². The van der Waals surface area contributed by atoms with Crippen molar-refractivity contribution in [2.75, 3.05) is 19.6 Å². The lowest BCUT2D eigenvalue weighted by molar-refractivity contribution is -0.183. The molecule has 1 saturated heterocycles. The maximum absolute atomic E-state index is 12.8. The predicted octanol–water partition coefficient (Wildman–Crippen LogP) is 3.28. The van der Waals surface area contributed by atoms with Crippen LogP contribution in [0.3, 0.4) is 0 Å². The van der Waals surface area contributed by atoms with Gasteiger partial charge in [0.05, 0.1) is 5.92 Å². The Bertz CT molecular complexity index is 381. The van der Waals surface area contributed by atoms with E-state index >= 15 is 0 Å². The molecule has 2 aliphatic rings. The molecular weight excluding hydrogens is 307 g/mol. The highest BCUT2D eigenvalue weighted by atomic mass is 19.4. The van der Waals surface area contributed by atoms with E-state index in [1.165, 1.54) is 0 Å². The molecule has 0 aromatic carbocycles. The van der Waals surface area contributed by atoms with Gasteiger partial charge in [0.2, 0.25) is 0 Å². The largest absolute Gasteiger partial charge is 0.391 e. The van der Waals surface area contributed by atoms with Crippen LogP contribution in [0, 0.1) is 5.92 Å². The number of rotatable bonds is 4. The molecule has 2 fully saturated rings. The SMILES string of the molecule is CCCN1CCC(NC(=O)N[C@H]2CCC[C@H](C(F)(F)F)C2)CC1. The van der Waals surface area contributed by atoms with E-state index in [2.05, 4.69) is 22.5 Å². The minimum atomic E-state index is -4.15. The number of nitrogens with one attached hydrogen (secondary N) is 2. The second kappa shape index (κ2) is 8.22. The molecule has 4 nitrogen and oxygen atoms in total. The van der Waals surface area contributed by atoms with Crippen LogP contribution >= 0.6 is 0 Å². The normalized spacial score (nSPS) is 27.7. The summed E-state index contributed by atoms with van der Waals surface area (Å²) in [6, 6.07) is -0.549. The molecule has 1 heterocycles. The van der Waals surface area contributed by atoms with E-state index < -0.39 is 12.1 Å². The van der Waals surface area contributed by atoms with Crippen LogP contribution < -0.4 is 10.6 Å². The lowest BCUT2D eigenvalue weighted by Gasteiger charge is -2.34. The van der Waals surface area contributed by atoms with Gasteiger partial charge < -0.3 is 15.5 Å². The van der Waals surface area contributed by atoms with Crippen molar-refractivity contribution in [3.05, 3.63) is 0 Å². The van der Waals surface area contributed by atoms with Gasteiger partial charge in [0.15, 0.2) is 0 Å². The Morgan fingerprint density at radius 3 is 2.35 bits per heavy atom. The maximum atomic E-state index is 12.8. The molecular formula is C16H28F3N3O. The monoisotopic (exact) mass is 335 g/mol. The van der Waals surface area contributed by atoms with Crippen molar-refractivity contribution in [2.24, 2.45) is 5.92 Å². The molecule has 0 unspecified atom stereocenters. The van der Waals surface area contributed by atoms with Gasteiger partial charge in [-0.25, -0.2) is 4.79 Å². The minimum Gasteiger partial charge on any atom is -0.335 e. The minimum absolute atomic E-state index is 0.00582. The Kier molecular flexibility index (Phi) is 6.56. The van der Waals surface area contributed by atoms with Crippen molar-refractivity contribution in [1.82, 2.24) is 15.5 Å². The maximum Gasteiger partial charge on any atom is 0.391 e. The van der Waals surface area contributed by atoms with Crippen molar-refractivity contribution in [2.45, 2.75) is 70.1 Å². The van der Waals surface area contributed by atoms with Crippen LogP contribution in [0.15, 0.2) is 0 Å². The predicted molar refractivity (Wildman–Crippen MR) is 83.2 cm³/mol. The molecule has 1 saturated carbocycles. The number of halogens is 3. The summed E-state index contributed by atoms with van der Waals surface area (Å²) in [5, 5.41) is 5.67. The third-order valence-electron chi connectivity index (χ3n) is 4.93. The van der Waals surface area contributed by atoms with Gasteiger partial charge >= 0.3 is 12.2 Å². The molecule has 2 amide bonds. The van der Waals surface area contributed by atoms with Gasteiger partial charge in [-0.2, -0.15) is 13.2 Å². The first-order valence-corrected chi connectivity index (χ1v) is 8.74. The van der Waals surface area contributed by atoms with Gasteiger partial charge in [-0.05, 0) is 45.1 Å². The molecule has 1 aliphatic carbocycles. The number of nitrogens with zero attached hydrogens (tertiary/aromatic N) is 1. The number of urea groups is 1. The Balaban J connectivity index is 1.71. The second-order valence-corrected chi connectivity index (χ2v) is 6.84. The number of likely N-dealkylation sites (tertiary alicyclic amines) is 1. The van der Waals surface area contributed by atoms with Crippen LogP contribution in [0.1, 0.15) is 51.9 Å². The molecule has 2 atom stereocenters. The molecule has 0 spiro atoms. The van der Waals surface area contributed by atoms with E-state index in [0.29, 0.717) is 12.8 Å². The molecule has 134 valence electrons. The van der Waals surface area contributed by atoms with Crippen molar-refractivity contribution in [3.8, 4) is 0 Å². The zero-order valence-corrected chi connectivity index (χ0v) is 13.8. The van der Waals surface area contributed by atoms with E-state index in [4.69, 9.17) is 0 Å². The summed E-state index contributed by atoms with van der Waals surface area (Å²) in [5.41, 5.74) is 0. The summed E-state index contributed by atoms with van der Waals surface area (Å²) in [5.74, 6) is -1.28. The molecule has 7 heteroatoms. The summed E-state index contributed by atoms with van der Waals surface area (Å²) in [6.07, 6.45) is 0.126. The third kappa shape index (κ3) is 5.86. The highest BCUT2D eigenvalue weighted by molar-refractivity contribution is 5.74. The van der Waals surface area contributed by atoms with Gasteiger partial charge in [0, 0.05) is 25.2 Å². The molecule has 0 bridgehead atoms. The number of hydrogen-bond donors (Lipinski definition) is 2. The smallest absolute Gasteiger partial charge is 0.335 e. The standard InChI is InChI=1S/C16H28F3N3O/c1-2-8-22-9-6-13(7-10-22)20-15(23)21-14-5-3-4-12(11-14)16(17,18)19/h12-14H,2-11H2,1H3,(H2,20,21,23)/t12-,14-/m0/s1. The van der Waals surface area contributed by atoms with Crippen LogP contribution in [-0.2, 0) is 0 Å². The summed E-state index contributed by atoms with van der Waals surface area (Å²) < 4.78 is 38.4. The first kappa shape index (κ1) is 18.4. The van der Waals surface area contributed by atoms with E-state index in [1.807, 2.05) is 0 Å². The number of alkyl halides is 3. The second-order valence-electron chi connectivity index (χ2n) is 6.84. The topological polar surface area (TPSA) is 44.4 Å². The molecule has 2 rings (SSSR count). The lowest BCUT2D eigenvalue weighted by atomic mass is 9.85. The van der Waals surface area contributed by atoms with Gasteiger partial charge in [0.1, 0.15) is 0 Å². The van der Waals surface area contributed by atoms with Gasteiger partial charge in [-0.3, -0.25) is 0 Å². The van der Waals surface area contributed by atoms with Crippen LogP contribution in [0.2, 0.25) is 0 Å². The van der Waals surface area contributed by atoms with E-state index in [0.717, 1.165) is 38.9 Å². The molecule has 0 aromatic heterocycles. The van der Waals surface area contributed by atoms with Gasteiger partial charge in [-0.15, -0.1) is 0 Å². The fourth-order valence-electron chi connectivity index (χ4n) is 3.65. The van der Waals surface area contributed by atoms with E-state index in [-0.39, 0.29) is 31.0 Å². The Morgan fingerprint density at radius 1 is 1.09 bits per heavy atom. The van der Waals surface area contributed by atoms with Crippen LogP contribution in [0.5, 0.6) is 0 Å². The average molecular weight is 335 g/mol. The fraction of sp³-hybridized carbons (Fsp3) is 0.938. The zero-order valence-electron chi connectivity index (χ0n) is 13.8. The number of hydrogen-bond acceptors (Lipinski definition) is 2. The third-order valence-corrected chi connectivity index (χ3v) is 4.93. The quantitative estimate of drug-likeness (QED) is 0.828. The first-order valence-electron chi connectivity index (χ1n) is 8.74. The summed E-state index contributed by atoms with van der Waals surface area (Å²) >= 11 is 0. The highest BCUT2D eigenvalue weighted by Crippen LogP contribution is 2.37. The number of carbonyl (C=O) groups is 1. The molecule has 2 N–H and O–H groups in total. The number of piperidine rings is 1. The highest BCUT2D eigenvalue weighted by Gasteiger charge is 2.42. The van der Waals surface area contributed by atoms with E-state index in [9.17, 15) is 18.0 Å². The zero-order chi connectivity index (χ0) is 16.9. The van der Waals surface area contributed by atoms with Crippen molar-refractivity contribution >= 4 is 6.03 Å². The van der Waals surface area contributed by atoms with Gasteiger partial charge in [-0.1, -0.05) is 13.3 Å². The molecule has 1 aliphatic heterocycles. The number of carbonyl (C=O) groups excluding carboxylic acids is 1. The lowest BCUT2D eigenvalue weighted by Crippen LogP contribution is -2.51. The Hall–Kier alpha value is -0.980. The van der Waals surface area contributed by atoms with Crippen molar-refractivity contribution in [3.63, 3.8) is 0 Å². The average Bonchev–Trinajstić information content (AvgIpc) is 2.49. The van der Waals surface area contributed by atoms with E-state index in [1.54, 1.807) is 0 Å². The fourth-order valence-corrected chi connectivity index (χ4v) is 3.65. The Labute approximate surface area is 136 Å². The summed E-state index contributed by atoms with van der Waals surface area (Å²) in [6.45, 7) is 5.17. The first-order chi connectivity index (χ1) is 10.9. The molecule has 23 heavy (non-hydrogen) atoms. The number of amides is 2. The summed E-state index contributed by atoms with van der Waals surface area (Å²) in [4.78, 5) is 14.4. The van der Waals surface area contributed by atoms with Crippen molar-refractivity contribution < 1.29 is 18.0 Å². The molecule has 0 radical (unpaired) electrons.